The van der Waals surface area contributed by atoms with Crippen LogP contribution in [-0.2, 0) is 11.2 Å². The molecule has 6 heteroatoms. The first-order valence-corrected chi connectivity index (χ1v) is 8.15. The quantitative estimate of drug-likeness (QED) is 0.765. The third kappa shape index (κ3) is 3.23. The van der Waals surface area contributed by atoms with Gasteiger partial charge in [-0.05, 0) is 29.8 Å². The van der Waals surface area contributed by atoms with Crippen molar-refractivity contribution in [3.05, 3.63) is 63.6 Å². The highest BCUT2D eigenvalue weighted by atomic mass is 35.5. The number of halogens is 3. The van der Waals surface area contributed by atoms with E-state index in [2.05, 4.69) is 4.99 Å². The molecule has 118 valence electrons. The molecule has 0 saturated heterocycles. The summed E-state index contributed by atoms with van der Waals surface area (Å²) in [5.41, 5.74) is 2.20. The summed E-state index contributed by atoms with van der Waals surface area (Å²) in [4.78, 5) is 18.7. The zero-order chi connectivity index (χ0) is 16.6. The van der Waals surface area contributed by atoms with Gasteiger partial charge in [0.05, 0.1) is 5.69 Å². The van der Waals surface area contributed by atoms with Gasteiger partial charge in [0.1, 0.15) is 11.2 Å². The SMILES string of the molecule is CN1C(=O)C(Cc2ccccc2Cl)N=C(Cl)c2cc(Cl)ccc21. The molecule has 0 aromatic heterocycles. The fourth-order valence-corrected chi connectivity index (χ4v) is 3.23. The van der Waals surface area contributed by atoms with Crippen molar-refractivity contribution in [3.63, 3.8) is 0 Å². The van der Waals surface area contributed by atoms with Crippen molar-refractivity contribution < 1.29 is 4.79 Å². The standard InChI is InChI=1S/C17H13Cl3N2O/c1-22-15-7-6-11(18)9-12(15)16(20)21-14(17(22)23)8-10-4-2-3-5-13(10)19/h2-7,9,14H,8H2,1H3. The number of nitrogens with zero attached hydrogens (tertiary/aromatic N) is 2. The summed E-state index contributed by atoms with van der Waals surface area (Å²) in [6.45, 7) is 0. The van der Waals surface area contributed by atoms with Crippen LogP contribution >= 0.6 is 34.8 Å². The van der Waals surface area contributed by atoms with Crippen molar-refractivity contribution in [2.45, 2.75) is 12.5 Å². The van der Waals surface area contributed by atoms with Crippen LogP contribution in [0.2, 0.25) is 10.0 Å². The van der Waals surface area contributed by atoms with Gasteiger partial charge in [-0.1, -0.05) is 53.0 Å². The average Bonchev–Trinajstić information content (AvgIpc) is 2.61. The maximum atomic E-state index is 12.7. The molecule has 0 radical (unpaired) electrons. The van der Waals surface area contributed by atoms with E-state index in [1.54, 1.807) is 36.2 Å². The molecule has 0 saturated carbocycles. The summed E-state index contributed by atoms with van der Waals surface area (Å²) in [7, 11) is 1.71. The van der Waals surface area contributed by atoms with E-state index in [-0.39, 0.29) is 11.1 Å². The minimum Gasteiger partial charge on any atom is -0.313 e. The van der Waals surface area contributed by atoms with E-state index in [1.165, 1.54) is 0 Å². The fourth-order valence-electron chi connectivity index (χ4n) is 2.58. The molecule has 0 spiro atoms. The van der Waals surface area contributed by atoms with Crippen molar-refractivity contribution in [3.8, 4) is 0 Å². The molecule has 0 fully saturated rings. The topological polar surface area (TPSA) is 32.7 Å². The predicted octanol–water partition coefficient (Wildman–Crippen LogP) is 4.57. The van der Waals surface area contributed by atoms with Crippen molar-refractivity contribution >= 4 is 51.6 Å². The molecule has 0 bridgehead atoms. The summed E-state index contributed by atoms with van der Waals surface area (Å²) in [5.74, 6) is -0.135. The van der Waals surface area contributed by atoms with Crippen LogP contribution in [0.4, 0.5) is 5.69 Å². The summed E-state index contributed by atoms with van der Waals surface area (Å²) in [6.07, 6.45) is 0.390. The smallest absolute Gasteiger partial charge is 0.251 e. The number of hydrogen-bond donors (Lipinski definition) is 0. The van der Waals surface area contributed by atoms with E-state index in [4.69, 9.17) is 34.8 Å². The van der Waals surface area contributed by atoms with Crippen molar-refractivity contribution in [2.24, 2.45) is 4.99 Å². The van der Waals surface area contributed by atoms with Crippen LogP contribution in [0.5, 0.6) is 0 Å². The number of carbonyl (C=O) groups is 1. The van der Waals surface area contributed by atoms with Crippen molar-refractivity contribution in [1.82, 2.24) is 0 Å². The van der Waals surface area contributed by atoms with E-state index >= 15 is 0 Å². The molecule has 1 atom stereocenters. The molecular formula is C17H13Cl3N2O. The van der Waals surface area contributed by atoms with E-state index in [9.17, 15) is 4.79 Å². The Morgan fingerprint density at radius 2 is 1.87 bits per heavy atom. The van der Waals surface area contributed by atoms with Crippen LogP contribution < -0.4 is 4.90 Å². The normalized spacial score (nSPS) is 17.6. The van der Waals surface area contributed by atoms with Crippen LogP contribution in [0.3, 0.4) is 0 Å². The van der Waals surface area contributed by atoms with Crippen LogP contribution in [0.25, 0.3) is 0 Å². The van der Waals surface area contributed by atoms with E-state index in [0.717, 1.165) is 5.56 Å². The third-order valence-corrected chi connectivity index (χ3v) is 4.70. The Hall–Kier alpha value is -1.55. The number of aliphatic imine (C=N–C) groups is 1. The fraction of sp³-hybridized carbons (Fsp3) is 0.176. The largest absolute Gasteiger partial charge is 0.313 e. The van der Waals surface area contributed by atoms with Crippen LogP contribution in [0.15, 0.2) is 47.5 Å². The predicted molar refractivity (Wildman–Crippen MR) is 96.2 cm³/mol. The second-order valence-corrected chi connectivity index (χ2v) is 6.49. The van der Waals surface area contributed by atoms with Gasteiger partial charge in [0, 0.05) is 29.1 Å². The first kappa shape index (κ1) is 16.3. The highest BCUT2D eigenvalue weighted by Crippen LogP contribution is 2.30. The van der Waals surface area contributed by atoms with Crippen LogP contribution in [0.1, 0.15) is 11.1 Å². The lowest BCUT2D eigenvalue weighted by Crippen LogP contribution is -2.36. The molecule has 0 N–H and O–H groups in total. The second-order valence-electron chi connectivity index (χ2n) is 5.29. The lowest BCUT2D eigenvalue weighted by Gasteiger charge is -2.20. The van der Waals surface area contributed by atoms with Gasteiger partial charge >= 0.3 is 0 Å². The Balaban J connectivity index is 2.01. The first-order valence-electron chi connectivity index (χ1n) is 7.01. The average molecular weight is 368 g/mol. The van der Waals surface area contributed by atoms with Crippen molar-refractivity contribution in [1.29, 1.82) is 0 Å². The van der Waals surface area contributed by atoms with Crippen LogP contribution in [0, 0.1) is 0 Å². The molecular weight excluding hydrogens is 355 g/mol. The molecule has 1 unspecified atom stereocenters. The van der Waals surface area contributed by atoms with Gasteiger partial charge < -0.3 is 4.90 Å². The monoisotopic (exact) mass is 366 g/mol. The van der Waals surface area contributed by atoms with Gasteiger partial charge in [-0.3, -0.25) is 9.79 Å². The molecule has 1 aliphatic rings. The number of hydrogen-bond acceptors (Lipinski definition) is 2. The molecule has 23 heavy (non-hydrogen) atoms. The van der Waals surface area contributed by atoms with Gasteiger partial charge in [0.2, 0.25) is 0 Å². The molecule has 1 heterocycles. The maximum Gasteiger partial charge on any atom is 0.251 e. The lowest BCUT2D eigenvalue weighted by molar-refractivity contribution is -0.119. The second kappa shape index (κ2) is 6.52. The Bertz CT molecular complexity index is 804. The molecule has 0 aliphatic carbocycles. The minimum atomic E-state index is -0.626. The number of benzene rings is 2. The molecule has 2 aromatic carbocycles. The molecule has 1 amide bonds. The van der Waals surface area contributed by atoms with Gasteiger partial charge in [0.25, 0.3) is 5.91 Å². The Labute approximate surface area is 149 Å². The van der Waals surface area contributed by atoms with Gasteiger partial charge in [0.15, 0.2) is 0 Å². The maximum absolute atomic E-state index is 12.7. The molecule has 1 aliphatic heterocycles. The zero-order valence-corrected chi connectivity index (χ0v) is 14.5. The summed E-state index contributed by atoms with van der Waals surface area (Å²) >= 11 is 18.6. The molecule has 2 aromatic rings. The lowest BCUT2D eigenvalue weighted by atomic mass is 10.1. The number of anilines is 1. The number of amides is 1. The van der Waals surface area contributed by atoms with Crippen molar-refractivity contribution in [2.75, 3.05) is 11.9 Å². The summed E-state index contributed by atoms with van der Waals surface area (Å²) < 4.78 is 0. The van der Waals surface area contributed by atoms with E-state index in [0.29, 0.717) is 27.7 Å². The number of carbonyl (C=O) groups excluding carboxylic acids is 1. The van der Waals surface area contributed by atoms with Gasteiger partial charge in [-0.15, -0.1) is 0 Å². The number of rotatable bonds is 2. The van der Waals surface area contributed by atoms with Gasteiger partial charge in [-0.2, -0.15) is 0 Å². The minimum absolute atomic E-state index is 0.135. The zero-order valence-electron chi connectivity index (χ0n) is 12.3. The summed E-state index contributed by atoms with van der Waals surface area (Å²) in [5, 5.41) is 1.43. The Morgan fingerprint density at radius 3 is 2.61 bits per heavy atom. The third-order valence-electron chi connectivity index (χ3n) is 3.80. The van der Waals surface area contributed by atoms with Gasteiger partial charge in [-0.25, -0.2) is 0 Å². The van der Waals surface area contributed by atoms with E-state index in [1.807, 2.05) is 18.2 Å². The molecule has 3 rings (SSSR count). The number of likely N-dealkylation sites (N-methyl/N-ethyl adjacent to an activating group) is 1. The highest BCUT2D eigenvalue weighted by Gasteiger charge is 2.29. The Morgan fingerprint density at radius 1 is 1.13 bits per heavy atom. The summed E-state index contributed by atoms with van der Waals surface area (Å²) in [6, 6.07) is 12.0. The van der Waals surface area contributed by atoms with Crippen LogP contribution in [-0.4, -0.2) is 24.2 Å². The molecule has 3 nitrogen and oxygen atoms in total. The highest BCUT2D eigenvalue weighted by molar-refractivity contribution is 6.70. The number of benzodiazepines with no additional fused rings is 1. The number of fused-ring (bicyclic) bond motifs is 1. The Kier molecular flexibility index (Phi) is 4.62. The van der Waals surface area contributed by atoms with E-state index < -0.39 is 6.04 Å². The first-order chi connectivity index (χ1) is 11.0.